The molecule has 1 aromatic heterocycles. The van der Waals surface area contributed by atoms with Crippen LogP contribution >= 0.6 is 0 Å². The number of hydrogen-bond acceptors (Lipinski definition) is 9. The number of phenols is 1. The number of hydrazone groups is 1. The van der Waals surface area contributed by atoms with E-state index < -0.39 is 11.0 Å². The Bertz CT molecular complexity index is 844. The lowest BCUT2D eigenvalue weighted by atomic mass is 10.3. The Hall–Kier alpha value is -3.89. The van der Waals surface area contributed by atoms with Gasteiger partial charge >= 0.3 is 17.9 Å². The van der Waals surface area contributed by atoms with E-state index in [2.05, 4.69) is 9.84 Å². The van der Waals surface area contributed by atoms with Crippen molar-refractivity contribution in [1.29, 1.82) is 0 Å². The minimum Gasteiger partial charge on any atom is -0.508 e. The molecule has 0 unspecified atom stereocenters. The molecule has 0 atom stereocenters. The summed E-state index contributed by atoms with van der Waals surface area (Å²) in [5.74, 6) is 0.0590. The monoisotopic (exact) mass is 377 g/mol. The summed E-state index contributed by atoms with van der Waals surface area (Å²) in [7, 11) is 0. The van der Waals surface area contributed by atoms with Crippen LogP contribution in [0.4, 0.5) is 10.7 Å². The molecule has 1 aromatic carbocycles. The number of carbonyl (C=O) groups is 2. The minimum atomic E-state index is -0.651. The molecule has 1 amide bonds. The van der Waals surface area contributed by atoms with E-state index in [0.717, 1.165) is 5.01 Å². The van der Waals surface area contributed by atoms with Gasteiger partial charge in [0.1, 0.15) is 23.0 Å². The minimum absolute atomic E-state index is 0.154. The zero-order chi connectivity index (χ0) is 19.8. The summed E-state index contributed by atoms with van der Waals surface area (Å²) >= 11 is 0. The van der Waals surface area contributed by atoms with Gasteiger partial charge in [0.2, 0.25) is 0 Å². The highest BCUT2D eigenvalue weighted by Gasteiger charge is 2.21. The topological polar surface area (TPSA) is 145 Å². The van der Waals surface area contributed by atoms with Crippen LogP contribution in [0.5, 0.6) is 11.5 Å². The second kappa shape index (κ2) is 8.99. The molecule has 1 aliphatic rings. The molecule has 142 valence electrons. The Balaban J connectivity index is 0.000000208. The van der Waals surface area contributed by atoms with Crippen LogP contribution in [-0.4, -0.2) is 46.5 Å². The number of ether oxygens (including phenoxy) is 2. The number of phenolic OH excluding ortho intramolecular Hbond substituents is 1. The first-order valence-electron chi connectivity index (χ1n) is 7.55. The van der Waals surface area contributed by atoms with Gasteiger partial charge in [-0.05, 0) is 30.3 Å². The zero-order valence-electron chi connectivity index (χ0n) is 14.1. The van der Waals surface area contributed by atoms with Crippen LogP contribution in [0.2, 0.25) is 0 Å². The predicted octanol–water partition coefficient (Wildman–Crippen LogP) is 2.29. The van der Waals surface area contributed by atoms with Gasteiger partial charge in [0, 0.05) is 6.92 Å². The van der Waals surface area contributed by atoms with Crippen LogP contribution in [0.3, 0.4) is 0 Å². The van der Waals surface area contributed by atoms with E-state index in [4.69, 9.17) is 14.3 Å². The van der Waals surface area contributed by atoms with Crippen molar-refractivity contribution in [2.45, 2.75) is 6.92 Å². The van der Waals surface area contributed by atoms with Crippen LogP contribution in [-0.2, 0) is 9.53 Å². The summed E-state index contributed by atoms with van der Waals surface area (Å²) in [5.41, 5.74) is 0. The highest BCUT2D eigenvalue weighted by molar-refractivity contribution is 5.78. The van der Waals surface area contributed by atoms with E-state index >= 15 is 0 Å². The van der Waals surface area contributed by atoms with Crippen molar-refractivity contribution in [3.63, 3.8) is 0 Å². The van der Waals surface area contributed by atoms with Gasteiger partial charge in [-0.3, -0.25) is 14.9 Å². The number of amides is 1. The number of furan rings is 1. The molecule has 1 N–H and O–H groups in total. The molecular formula is C16H15N3O8. The largest absolute Gasteiger partial charge is 0.508 e. The van der Waals surface area contributed by atoms with Crippen LogP contribution in [0.1, 0.15) is 12.7 Å². The predicted molar refractivity (Wildman–Crippen MR) is 90.4 cm³/mol. The maximum atomic E-state index is 11.0. The zero-order valence-corrected chi connectivity index (χ0v) is 14.1. The van der Waals surface area contributed by atoms with Crippen molar-refractivity contribution in [2.75, 3.05) is 13.2 Å². The molecular weight excluding hydrogens is 362 g/mol. The van der Waals surface area contributed by atoms with E-state index in [9.17, 15) is 19.7 Å². The molecule has 27 heavy (non-hydrogen) atoms. The fraction of sp³-hybridized carbons (Fsp3) is 0.188. The molecule has 11 heteroatoms. The average Bonchev–Trinajstić information content (AvgIpc) is 3.24. The number of carbonyl (C=O) groups excluding carboxylic acids is 2. The highest BCUT2D eigenvalue weighted by atomic mass is 16.6. The number of hydrogen-bond donors (Lipinski definition) is 1. The molecule has 0 bridgehead atoms. The molecule has 0 radical (unpaired) electrons. The van der Waals surface area contributed by atoms with Crippen molar-refractivity contribution < 1.29 is 33.5 Å². The Morgan fingerprint density at radius 2 is 2.04 bits per heavy atom. The fourth-order valence-electron chi connectivity index (χ4n) is 1.81. The highest BCUT2D eigenvalue weighted by Crippen LogP contribution is 2.16. The number of esters is 1. The average molecular weight is 377 g/mol. The molecule has 11 nitrogen and oxygen atoms in total. The second-order valence-corrected chi connectivity index (χ2v) is 5.00. The molecule has 1 aliphatic heterocycles. The quantitative estimate of drug-likeness (QED) is 0.281. The van der Waals surface area contributed by atoms with Crippen LogP contribution in [0, 0.1) is 10.1 Å². The lowest BCUT2D eigenvalue weighted by Crippen LogP contribution is -2.17. The number of rotatable bonds is 4. The van der Waals surface area contributed by atoms with Gasteiger partial charge in [-0.2, -0.15) is 10.1 Å². The van der Waals surface area contributed by atoms with Crippen molar-refractivity contribution in [2.24, 2.45) is 5.10 Å². The third kappa shape index (κ3) is 6.16. The van der Waals surface area contributed by atoms with Gasteiger partial charge in [-0.15, -0.1) is 0 Å². The fourth-order valence-corrected chi connectivity index (χ4v) is 1.81. The van der Waals surface area contributed by atoms with E-state index in [-0.39, 0.29) is 30.0 Å². The summed E-state index contributed by atoms with van der Waals surface area (Å²) in [6.07, 6.45) is 0.678. The molecule has 1 fully saturated rings. The van der Waals surface area contributed by atoms with Crippen molar-refractivity contribution in [1.82, 2.24) is 5.01 Å². The summed E-state index contributed by atoms with van der Waals surface area (Å²) in [6, 6.07) is 8.57. The molecule has 3 rings (SSSR count). The van der Waals surface area contributed by atoms with Gasteiger partial charge in [0.05, 0.1) is 18.8 Å². The lowest BCUT2D eigenvalue weighted by Gasteiger charge is -2.01. The maximum absolute atomic E-state index is 11.0. The smallest absolute Gasteiger partial charge is 0.433 e. The third-order valence-corrected chi connectivity index (χ3v) is 2.95. The molecule has 0 spiro atoms. The van der Waals surface area contributed by atoms with Gasteiger partial charge in [0.25, 0.3) is 0 Å². The summed E-state index contributed by atoms with van der Waals surface area (Å²) in [4.78, 5) is 31.0. The van der Waals surface area contributed by atoms with Crippen molar-refractivity contribution in [3.05, 3.63) is 52.3 Å². The first-order valence-corrected chi connectivity index (χ1v) is 7.55. The number of benzene rings is 1. The molecule has 1 saturated heterocycles. The maximum Gasteiger partial charge on any atom is 0.433 e. The summed E-state index contributed by atoms with van der Waals surface area (Å²) in [6.45, 7) is 1.97. The van der Waals surface area contributed by atoms with E-state index in [0.29, 0.717) is 12.3 Å². The SMILES string of the molecule is CC(=O)Oc1ccc(O)cc1.O=C1OCCN1N=Cc1ccc([N+](=O)[O-])o1. The first-order chi connectivity index (χ1) is 12.8. The van der Waals surface area contributed by atoms with E-state index in [1.807, 2.05) is 0 Å². The summed E-state index contributed by atoms with van der Waals surface area (Å²) in [5, 5.41) is 24.0. The Morgan fingerprint density at radius 3 is 2.56 bits per heavy atom. The molecule has 0 saturated carbocycles. The Labute approximate surface area is 152 Å². The molecule has 2 aromatic rings. The number of nitrogens with zero attached hydrogens (tertiary/aromatic N) is 3. The first kappa shape index (κ1) is 19.4. The van der Waals surface area contributed by atoms with Crippen LogP contribution in [0.25, 0.3) is 0 Å². The van der Waals surface area contributed by atoms with Gasteiger partial charge in [-0.25, -0.2) is 4.79 Å². The third-order valence-electron chi connectivity index (χ3n) is 2.95. The van der Waals surface area contributed by atoms with Gasteiger partial charge in [-0.1, -0.05) is 0 Å². The standard InChI is InChI=1S/C8H7N3O5.C8H8O3/c12-8-10(3-4-15-8)9-5-6-1-2-7(16-6)11(13)14;1-6(9)11-8-4-2-7(10)3-5-8/h1-2,5H,3-4H2;2-5,10H,1H3. The Morgan fingerprint density at radius 1 is 1.33 bits per heavy atom. The van der Waals surface area contributed by atoms with Crippen LogP contribution in [0.15, 0.2) is 45.9 Å². The van der Waals surface area contributed by atoms with Gasteiger partial charge < -0.3 is 19.0 Å². The van der Waals surface area contributed by atoms with Crippen molar-refractivity contribution in [3.8, 4) is 11.5 Å². The molecule has 2 heterocycles. The van der Waals surface area contributed by atoms with Crippen LogP contribution < -0.4 is 4.74 Å². The summed E-state index contributed by atoms with van der Waals surface area (Å²) < 4.78 is 14.2. The number of nitro groups is 1. The second-order valence-electron chi connectivity index (χ2n) is 5.00. The van der Waals surface area contributed by atoms with E-state index in [1.165, 1.54) is 49.5 Å². The van der Waals surface area contributed by atoms with Gasteiger partial charge in [0.15, 0.2) is 5.76 Å². The normalized spacial score (nSPS) is 13.1. The lowest BCUT2D eigenvalue weighted by molar-refractivity contribution is -0.402. The number of cyclic esters (lactones) is 1. The van der Waals surface area contributed by atoms with E-state index in [1.54, 1.807) is 0 Å². The Kier molecular flexibility index (Phi) is 6.47. The number of aromatic hydroxyl groups is 1. The van der Waals surface area contributed by atoms with Crippen molar-refractivity contribution >= 4 is 24.2 Å². The molecule has 0 aliphatic carbocycles.